The van der Waals surface area contributed by atoms with E-state index in [1.807, 2.05) is 48.5 Å². The van der Waals surface area contributed by atoms with Crippen LogP contribution in [0.5, 0.6) is 0 Å². The number of hydrogen-bond donors (Lipinski definition) is 0. The van der Waals surface area contributed by atoms with E-state index in [0.29, 0.717) is 6.42 Å². The van der Waals surface area contributed by atoms with E-state index in [1.54, 1.807) is 0 Å². The summed E-state index contributed by atoms with van der Waals surface area (Å²) in [6.45, 7) is 13.2. The van der Waals surface area contributed by atoms with Gasteiger partial charge >= 0.3 is 5.97 Å². The number of rotatable bonds is 5. The van der Waals surface area contributed by atoms with Gasteiger partial charge in [-0.15, -0.1) is 0 Å². The van der Waals surface area contributed by atoms with Crippen LogP contribution in [0, 0.1) is 11.3 Å². The van der Waals surface area contributed by atoms with Crippen molar-refractivity contribution in [2.75, 3.05) is 0 Å². The van der Waals surface area contributed by atoms with E-state index in [9.17, 15) is 4.79 Å². The van der Waals surface area contributed by atoms with E-state index in [4.69, 9.17) is 4.89 Å². The lowest BCUT2D eigenvalue weighted by molar-refractivity contribution is -0.516. The van der Waals surface area contributed by atoms with Crippen molar-refractivity contribution < 1.29 is 19.6 Å². The Labute approximate surface area is 98.1 Å². The predicted molar refractivity (Wildman–Crippen MR) is 61.3 cm³/mol. The van der Waals surface area contributed by atoms with Crippen molar-refractivity contribution in [2.24, 2.45) is 11.3 Å². The van der Waals surface area contributed by atoms with Crippen molar-refractivity contribution in [3.05, 3.63) is 0 Å². The molecule has 0 aliphatic rings. The largest absolute Gasteiger partial charge is 0.351 e. The molecule has 96 valence electrons. The molecule has 0 aliphatic carbocycles. The lowest BCUT2D eigenvalue weighted by atomic mass is 9.77. The summed E-state index contributed by atoms with van der Waals surface area (Å²) in [6.07, 6.45) is 0.697. The van der Waals surface area contributed by atoms with E-state index in [-0.39, 0.29) is 5.92 Å². The Balaban J connectivity index is 4.25. The molecule has 16 heavy (non-hydrogen) atoms. The van der Waals surface area contributed by atoms with Gasteiger partial charge in [0.15, 0.2) is 0 Å². The summed E-state index contributed by atoms with van der Waals surface area (Å²) >= 11 is 0. The summed E-state index contributed by atoms with van der Waals surface area (Å²) in [5.74, 6) is -0.211. The maximum Gasteiger partial charge on any atom is 0.351 e. The molecule has 4 nitrogen and oxygen atoms in total. The van der Waals surface area contributed by atoms with Gasteiger partial charge in [0.25, 0.3) is 0 Å². The van der Waals surface area contributed by atoms with E-state index < -0.39 is 17.0 Å². The first-order valence-corrected chi connectivity index (χ1v) is 5.70. The molecule has 0 saturated carbocycles. The fourth-order valence-electron chi connectivity index (χ4n) is 1.03. The zero-order chi connectivity index (χ0) is 13.0. The fraction of sp³-hybridized carbons (Fsp3) is 0.917. The van der Waals surface area contributed by atoms with Crippen LogP contribution in [0.2, 0.25) is 0 Å². The summed E-state index contributed by atoms with van der Waals surface area (Å²) in [7, 11) is 0. The van der Waals surface area contributed by atoms with Gasteiger partial charge in [-0.2, -0.15) is 4.89 Å². The fourth-order valence-corrected chi connectivity index (χ4v) is 1.03. The lowest BCUT2D eigenvalue weighted by Crippen LogP contribution is -2.35. The molecule has 0 radical (unpaired) electrons. The van der Waals surface area contributed by atoms with Gasteiger partial charge < -0.3 is 0 Å². The van der Waals surface area contributed by atoms with Crippen LogP contribution in [-0.4, -0.2) is 11.6 Å². The molecule has 0 amide bonds. The second-order valence-electron chi connectivity index (χ2n) is 5.56. The first-order chi connectivity index (χ1) is 7.13. The Morgan fingerprint density at radius 3 is 2.00 bits per heavy atom. The molecule has 0 N–H and O–H groups in total. The second-order valence-corrected chi connectivity index (χ2v) is 5.56. The van der Waals surface area contributed by atoms with Gasteiger partial charge in [0, 0.05) is 0 Å². The van der Waals surface area contributed by atoms with Crippen LogP contribution >= 0.6 is 0 Å². The van der Waals surface area contributed by atoms with Crippen molar-refractivity contribution >= 4 is 5.97 Å². The van der Waals surface area contributed by atoms with E-state index in [2.05, 4.69) is 9.93 Å². The molecule has 1 atom stereocenters. The minimum atomic E-state index is -0.540. The first kappa shape index (κ1) is 15.4. The first-order valence-electron chi connectivity index (χ1n) is 5.70. The van der Waals surface area contributed by atoms with Gasteiger partial charge in [-0.1, -0.05) is 20.8 Å². The molecule has 0 heterocycles. The molecule has 0 saturated heterocycles. The van der Waals surface area contributed by atoms with E-state index in [0.717, 1.165) is 0 Å². The van der Waals surface area contributed by atoms with Crippen LogP contribution < -0.4 is 0 Å². The van der Waals surface area contributed by atoms with Crippen molar-refractivity contribution in [1.29, 1.82) is 0 Å². The van der Waals surface area contributed by atoms with Crippen molar-refractivity contribution in [3.8, 4) is 0 Å². The molecular formula is C12H24O4. The van der Waals surface area contributed by atoms with Gasteiger partial charge in [0.05, 0.1) is 11.0 Å². The van der Waals surface area contributed by atoms with Crippen LogP contribution in [0.15, 0.2) is 0 Å². The number of carbonyl (C=O) groups is 1. The molecule has 0 rings (SSSR count). The highest BCUT2D eigenvalue weighted by Crippen LogP contribution is 2.32. The molecule has 0 aliphatic heterocycles. The van der Waals surface area contributed by atoms with Crippen molar-refractivity contribution in [2.45, 2.75) is 60.5 Å². The second kappa shape index (κ2) is 5.64. The van der Waals surface area contributed by atoms with Gasteiger partial charge in [-0.3, -0.25) is 4.89 Å². The highest BCUT2D eigenvalue weighted by atomic mass is 17.5. The summed E-state index contributed by atoms with van der Waals surface area (Å²) in [6, 6.07) is 0. The van der Waals surface area contributed by atoms with Crippen molar-refractivity contribution in [3.63, 3.8) is 0 Å². The van der Waals surface area contributed by atoms with Crippen LogP contribution in [0.1, 0.15) is 54.9 Å². The molecule has 0 fully saturated rings. The maximum absolute atomic E-state index is 11.8. The van der Waals surface area contributed by atoms with Gasteiger partial charge in [0.2, 0.25) is 0 Å². The summed E-state index contributed by atoms with van der Waals surface area (Å²) in [5, 5.41) is 4.51. The number of carbonyl (C=O) groups excluding carboxylic acids is 1. The van der Waals surface area contributed by atoms with Crippen LogP contribution in [-0.2, 0) is 19.6 Å². The maximum atomic E-state index is 11.8. The minimum Gasteiger partial charge on any atom is -0.268 e. The molecule has 0 aromatic heterocycles. The average Bonchev–Trinajstić information content (AvgIpc) is 2.13. The summed E-state index contributed by atoms with van der Waals surface area (Å²) in [4.78, 5) is 21.3. The Bertz CT molecular complexity index is 230. The molecule has 0 spiro atoms. The lowest BCUT2D eigenvalue weighted by Gasteiger charge is -2.28. The zero-order valence-electron chi connectivity index (χ0n) is 11.4. The SMILES string of the molecule is CCC(C)(C(=O)OOOC(C)(C)C)C(C)C. The third kappa shape index (κ3) is 4.49. The monoisotopic (exact) mass is 232 g/mol. The summed E-state index contributed by atoms with van der Waals surface area (Å²) in [5.41, 5.74) is -1.04. The Morgan fingerprint density at radius 2 is 1.69 bits per heavy atom. The highest BCUT2D eigenvalue weighted by Gasteiger charge is 2.37. The summed E-state index contributed by atoms with van der Waals surface area (Å²) < 4.78 is 0. The third-order valence-electron chi connectivity index (χ3n) is 2.87. The van der Waals surface area contributed by atoms with Crippen LogP contribution in [0.4, 0.5) is 0 Å². The topological polar surface area (TPSA) is 44.8 Å². The van der Waals surface area contributed by atoms with E-state index >= 15 is 0 Å². The molecule has 0 aromatic rings. The Hall–Kier alpha value is -0.610. The molecule has 1 unspecified atom stereocenters. The minimum absolute atomic E-state index is 0.184. The molecular weight excluding hydrogens is 208 g/mol. The van der Waals surface area contributed by atoms with E-state index in [1.165, 1.54) is 0 Å². The standard InChI is InChI=1S/C12H24O4/c1-8-12(7,9(2)3)10(13)14-16-15-11(4,5)6/h9H,8H2,1-7H3. The number of hydrogen-bond acceptors (Lipinski definition) is 4. The average molecular weight is 232 g/mol. The Kier molecular flexibility index (Phi) is 5.42. The quantitative estimate of drug-likeness (QED) is 0.539. The zero-order valence-corrected chi connectivity index (χ0v) is 11.4. The third-order valence-corrected chi connectivity index (χ3v) is 2.87. The smallest absolute Gasteiger partial charge is 0.268 e. The normalized spacial score (nSPS) is 16.0. The van der Waals surface area contributed by atoms with Crippen LogP contribution in [0.25, 0.3) is 0 Å². The predicted octanol–water partition coefficient (Wildman–Crippen LogP) is 3.26. The van der Waals surface area contributed by atoms with Gasteiger partial charge in [-0.25, -0.2) is 4.79 Å². The molecule has 0 bridgehead atoms. The molecule has 0 aromatic carbocycles. The van der Waals surface area contributed by atoms with Gasteiger partial charge in [-0.05, 0) is 45.1 Å². The highest BCUT2D eigenvalue weighted by molar-refractivity contribution is 5.76. The van der Waals surface area contributed by atoms with Gasteiger partial charge in [0.1, 0.15) is 0 Å². The molecule has 4 heteroatoms. The van der Waals surface area contributed by atoms with Crippen LogP contribution in [0.3, 0.4) is 0 Å². The Morgan fingerprint density at radius 1 is 1.19 bits per heavy atom. The van der Waals surface area contributed by atoms with Crippen molar-refractivity contribution in [1.82, 2.24) is 0 Å².